The lowest BCUT2D eigenvalue weighted by Crippen LogP contribution is -2.10. The van der Waals surface area contributed by atoms with E-state index in [9.17, 15) is 4.79 Å². The first-order chi connectivity index (χ1) is 7.04. The molecule has 0 saturated heterocycles. The molecule has 0 atom stereocenters. The molecule has 2 nitrogen and oxygen atoms in total. The van der Waals surface area contributed by atoms with Crippen LogP contribution in [0.2, 0.25) is 0 Å². The number of amides is 1. The van der Waals surface area contributed by atoms with Gasteiger partial charge in [-0.15, -0.1) is 0 Å². The van der Waals surface area contributed by atoms with Crippen LogP contribution in [-0.4, -0.2) is 5.91 Å². The van der Waals surface area contributed by atoms with Crippen molar-refractivity contribution >= 4 is 27.5 Å². The van der Waals surface area contributed by atoms with E-state index in [4.69, 9.17) is 0 Å². The van der Waals surface area contributed by atoms with Gasteiger partial charge in [-0.2, -0.15) is 0 Å². The van der Waals surface area contributed by atoms with Crippen LogP contribution < -0.4 is 5.32 Å². The number of benzene rings is 1. The Morgan fingerprint density at radius 2 is 2.07 bits per heavy atom. The molecular weight excluding hydrogens is 254 g/mol. The summed E-state index contributed by atoms with van der Waals surface area (Å²) in [6.45, 7) is 5.60. The fourth-order valence-corrected chi connectivity index (χ4v) is 2.11. The van der Waals surface area contributed by atoms with Crippen molar-refractivity contribution in [1.82, 2.24) is 0 Å². The van der Waals surface area contributed by atoms with Gasteiger partial charge >= 0.3 is 0 Å². The first kappa shape index (κ1) is 11.8. The Morgan fingerprint density at radius 3 is 2.60 bits per heavy atom. The maximum atomic E-state index is 11.3. The predicted octanol–water partition coefficient (Wildman–Crippen LogP) is 3.03. The van der Waals surface area contributed by atoms with Crippen LogP contribution in [-0.2, 0) is 4.79 Å². The number of aryl methyl sites for hydroxylation is 2. The fraction of sp³-hybridized carbons (Fsp3) is 0.250. The molecule has 0 aliphatic rings. The third-order valence-corrected chi connectivity index (χ3v) is 2.53. The van der Waals surface area contributed by atoms with E-state index < -0.39 is 0 Å². The highest BCUT2D eigenvalue weighted by molar-refractivity contribution is 9.10. The normalized spacial score (nSPS) is 9.07. The fourth-order valence-electron chi connectivity index (χ4n) is 1.33. The molecule has 0 radical (unpaired) electrons. The van der Waals surface area contributed by atoms with Crippen molar-refractivity contribution in [3.05, 3.63) is 27.7 Å². The molecule has 0 aliphatic heterocycles. The Hall–Kier alpha value is -1.27. The van der Waals surface area contributed by atoms with Crippen LogP contribution in [0.15, 0.2) is 16.6 Å². The Balaban J connectivity index is 3.03. The zero-order valence-electron chi connectivity index (χ0n) is 8.94. The average Bonchev–Trinajstić information content (AvgIpc) is 2.11. The minimum atomic E-state index is -0.287. The Bertz CT molecular complexity index is 431. The zero-order chi connectivity index (χ0) is 11.4. The van der Waals surface area contributed by atoms with Gasteiger partial charge in [0, 0.05) is 4.47 Å². The van der Waals surface area contributed by atoms with Crippen LogP contribution in [0.5, 0.6) is 0 Å². The monoisotopic (exact) mass is 265 g/mol. The minimum Gasteiger partial charge on any atom is -0.314 e. The summed E-state index contributed by atoms with van der Waals surface area (Å²) in [5, 5.41) is 2.75. The smallest absolute Gasteiger partial charge is 0.300 e. The summed E-state index contributed by atoms with van der Waals surface area (Å²) in [7, 11) is 0. The van der Waals surface area contributed by atoms with Gasteiger partial charge in [-0.3, -0.25) is 4.79 Å². The maximum Gasteiger partial charge on any atom is 0.300 e. The molecule has 1 aromatic carbocycles. The predicted molar refractivity (Wildman–Crippen MR) is 65.7 cm³/mol. The second-order valence-electron chi connectivity index (χ2n) is 3.27. The molecule has 1 N–H and O–H groups in total. The van der Waals surface area contributed by atoms with Gasteiger partial charge in [0.2, 0.25) is 0 Å². The first-order valence-electron chi connectivity index (χ1n) is 4.55. The van der Waals surface area contributed by atoms with Gasteiger partial charge in [0.25, 0.3) is 5.91 Å². The van der Waals surface area contributed by atoms with Gasteiger partial charge < -0.3 is 5.32 Å². The van der Waals surface area contributed by atoms with E-state index in [1.54, 1.807) is 6.92 Å². The van der Waals surface area contributed by atoms with Crippen molar-refractivity contribution in [2.24, 2.45) is 0 Å². The van der Waals surface area contributed by atoms with Crippen molar-refractivity contribution in [3.8, 4) is 11.8 Å². The molecule has 0 aliphatic carbocycles. The number of anilines is 1. The summed E-state index contributed by atoms with van der Waals surface area (Å²) in [5.41, 5.74) is 2.96. The molecule has 1 aromatic rings. The number of nitrogens with one attached hydrogen (secondary N) is 1. The highest BCUT2D eigenvalue weighted by Crippen LogP contribution is 2.27. The van der Waals surface area contributed by atoms with Crippen LogP contribution in [0.3, 0.4) is 0 Å². The summed E-state index contributed by atoms with van der Waals surface area (Å²) < 4.78 is 0.881. The van der Waals surface area contributed by atoms with Gasteiger partial charge in [0.15, 0.2) is 0 Å². The zero-order valence-corrected chi connectivity index (χ0v) is 10.5. The largest absolute Gasteiger partial charge is 0.314 e. The van der Waals surface area contributed by atoms with Crippen LogP contribution in [0.4, 0.5) is 5.69 Å². The molecular formula is C12H12BrNO. The number of hydrogen-bond acceptors (Lipinski definition) is 1. The van der Waals surface area contributed by atoms with E-state index in [1.807, 2.05) is 26.0 Å². The summed E-state index contributed by atoms with van der Waals surface area (Å²) in [6.07, 6.45) is 0. The van der Waals surface area contributed by atoms with E-state index in [0.29, 0.717) is 0 Å². The number of rotatable bonds is 1. The Morgan fingerprint density at radius 1 is 1.40 bits per heavy atom. The standard InChI is InChI=1S/C12H12BrNO/c1-4-5-11(15)14-12-9(3)6-8(2)7-10(12)13/h6-7H,1-3H3,(H,14,15). The molecule has 0 fully saturated rings. The van der Waals surface area contributed by atoms with Crippen molar-refractivity contribution < 1.29 is 4.79 Å². The van der Waals surface area contributed by atoms with Gasteiger partial charge in [-0.05, 0) is 59.8 Å². The maximum absolute atomic E-state index is 11.3. The van der Waals surface area contributed by atoms with Gasteiger partial charge in [0.1, 0.15) is 0 Å². The minimum absolute atomic E-state index is 0.287. The van der Waals surface area contributed by atoms with E-state index in [2.05, 4.69) is 33.1 Å². The topological polar surface area (TPSA) is 29.1 Å². The van der Waals surface area contributed by atoms with Crippen molar-refractivity contribution in [3.63, 3.8) is 0 Å². The second kappa shape index (κ2) is 4.99. The third-order valence-electron chi connectivity index (χ3n) is 1.91. The Labute approximate surface area is 98.2 Å². The lowest BCUT2D eigenvalue weighted by Gasteiger charge is -2.09. The molecule has 0 saturated carbocycles. The van der Waals surface area contributed by atoms with Crippen LogP contribution in [0.1, 0.15) is 18.1 Å². The third kappa shape index (κ3) is 3.10. The number of carbonyl (C=O) groups is 1. The van der Waals surface area contributed by atoms with E-state index in [1.165, 1.54) is 0 Å². The van der Waals surface area contributed by atoms with E-state index in [0.717, 1.165) is 21.3 Å². The average molecular weight is 266 g/mol. The number of hydrogen-bond donors (Lipinski definition) is 1. The molecule has 0 bridgehead atoms. The lowest BCUT2D eigenvalue weighted by atomic mass is 10.1. The summed E-state index contributed by atoms with van der Waals surface area (Å²) >= 11 is 3.41. The molecule has 1 amide bonds. The number of halogens is 1. The molecule has 0 heterocycles. The Kier molecular flexibility index (Phi) is 3.93. The van der Waals surface area contributed by atoms with Gasteiger partial charge in [0.05, 0.1) is 5.69 Å². The SMILES string of the molecule is CC#CC(=O)Nc1c(C)cc(C)cc1Br. The quantitative estimate of drug-likeness (QED) is 0.778. The molecule has 1 rings (SSSR count). The molecule has 0 unspecified atom stereocenters. The lowest BCUT2D eigenvalue weighted by molar-refractivity contribution is -0.111. The van der Waals surface area contributed by atoms with Gasteiger partial charge in [-0.1, -0.05) is 12.0 Å². The molecule has 0 spiro atoms. The van der Waals surface area contributed by atoms with Crippen molar-refractivity contribution in [2.45, 2.75) is 20.8 Å². The van der Waals surface area contributed by atoms with E-state index in [-0.39, 0.29) is 5.91 Å². The van der Waals surface area contributed by atoms with Crippen molar-refractivity contribution in [1.29, 1.82) is 0 Å². The second-order valence-corrected chi connectivity index (χ2v) is 4.12. The molecule has 3 heteroatoms. The molecule has 78 valence electrons. The highest BCUT2D eigenvalue weighted by Gasteiger charge is 2.06. The molecule has 15 heavy (non-hydrogen) atoms. The first-order valence-corrected chi connectivity index (χ1v) is 5.34. The number of carbonyl (C=O) groups excluding carboxylic acids is 1. The van der Waals surface area contributed by atoms with Crippen LogP contribution in [0, 0.1) is 25.7 Å². The summed E-state index contributed by atoms with van der Waals surface area (Å²) in [4.78, 5) is 11.3. The molecule has 0 aromatic heterocycles. The highest BCUT2D eigenvalue weighted by atomic mass is 79.9. The summed E-state index contributed by atoms with van der Waals surface area (Å²) in [5.74, 6) is 4.72. The van der Waals surface area contributed by atoms with Gasteiger partial charge in [-0.25, -0.2) is 0 Å². The van der Waals surface area contributed by atoms with Crippen LogP contribution in [0.25, 0.3) is 0 Å². The van der Waals surface area contributed by atoms with Crippen LogP contribution >= 0.6 is 15.9 Å². The van der Waals surface area contributed by atoms with Crippen molar-refractivity contribution in [2.75, 3.05) is 5.32 Å². The summed E-state index contributed by atoms with van der Waals surface area (Å²) in [6, 6.07) is 3.97. The van der Waals surface area contributed by atoms with E-state index >= 15 is 0 Å².